The van der Waals surface area contributed by atoms with E-state index in [0.717, 1.165) is 12.8 Å². The van der Waals surface area contributed by atoms with Crippen LogP contribution in [-0.4, -0.2) is 28.4 Å². The quantitative estimate of drug-likeness (QED) is 0.727. The monoisotopic (exact) mass is 286 g/mol. The molecule has 0 aliphatic heterocycles. The van der Waals surface area contributed by atoms with Crippen LogP contribution in [-0.2, 0) is 6.42 Å². The van der Waals surface area contributed by atoms with Gasteiger partial charge in [-0.15, -0.1) is 0 Å². The van der Waals surface area contributed by atoms with Crippen LogP contribution in [0.4, 0.5) is 0 Å². The molecule has 102 valence electrons. The molecule has 3 nitrogen and oxygen atoms in total. The maximum absolute atomic E-state index is 9.35. The van der Waals surface area contributed by atoms with E-state index in [2.05, 4.69) is 48.2 Å². The summed E-state index contributed by atoms with van der Waals surface area (Å²) in [5, 5.41) is 20.5. The topological polar surface area (TPSA) is 44.3 Å². The van der Waals surface area contributed by atoms with Gasteiger partial charge in [-0.3, -0.25) is 0 Å². The third-order valence-electron chi connectivity index (χ3n) is 2.41. The average Bonchev–Trinajstić information content (AvgIpc) is 2.74. The number of hydrogen-bond donors (Lipinski definition) is 3. The summed E-state index contributed by atoms with van der Waals surface area (Å²) in [6.07, 6.45) is 1.83. The molecule has 1 aromatic heterocycles. The Bertz CT molecular complexity index is 358. The lowest BCUT2D eigenvalue weighted by molar-refractivity contribution is 0.248. The van der Waals surface area contributed by atoms with Crippen molar-refractivity contribution in [3.63, 3.8) is 0 Å². The van der Waals surface area contributed by atoms with Crippen molar-refractivity contribution in [1.29, 1.82) is 0 Å². The average molecular weight is 286 g/mol. The maximum Gasteiger partial charge on any atom is 0.166 e. The van der Waals surface area contributed by atoms with Crippen LogP contribution < -0.4 is 10.6 Å². The molecule has 1 rings (SSSR count). The first-order valence-electron chi connectivity index (χ1n) is 6.11. The second kappa shape index (κ2) is 7.07. The maximum atomic E-state index is 9.35. The number of hydrogen-bond acceptors (Lipinski definition) is 3. The van der Waals surface area contributed by atoms with Crippen LogP contribution in [0.2, 0.25) is 0 Å². The summed E-state index contributed by atoms with van der Waals surface area (Å²) in [5.41, 5.74) is 1.26. The molecule has 0 radical (unpaired) electrons. The summed E-state index contributed by atoms with van der Waals surface area (Å²) < 4.78 is 0. The van der Waals surface area contributed by atoms with Gasteiger partial charge in [0.15, 0.2) is 5.11 Å². The Labute approximate surface area is 119 Å². The molecule has 0 amide bonds. The lowest BCUT2D eigenvalue weighted by Gasteiger charge is -2.26. The van der Waals surface area contributed by atoms with Crippen LogP contribution in [0.15, 0.2) is 16.8 Å². The van der Waals surface area contributed by atoms with Gasteiger partial charge in [0.25, 0.3) is 0 Å². The molecule has 18 heavy (non-hydrogen) atoms. The van der Waals surface area contributed by atoms with Crippen molar-refractivity contribution in [2.45, 2.75) is 45.2 Å². The van der Waals surface area contributed by atoms with E-state index in [1.165, 1.54) is 5.56 Å². The van der Waals surface area contributed by atoms with Gasteiger partial charge in [0.05, 0.1) is 12.6 Å². The van der Waals surface area contributed by atoms with Crippen LogP contribution in [0.5, 0.6) is 0 Å². The van der Waals surface area contributed by atoms with Crippen LogP contribution >= 0.6 is 23.6 Å². The molecule has 1 heterocycles. The van der Waals surface area contributed by atoms with Crippen LogP contribution in [0, 0.1) is 0 Å². The molecule has 0 bridgehead atoms. The first kappa shape index (κ1) is 15.4. The number of nitrogens with one attached hydrogen (secondary N) is 2. The molecule has 5 heteroatoms. The number of thiocarbonyl (C=S) groups is 1. The highest BCUT2D eigenvalue weighted by Crippen LogP contribution is 2.09. The first-order chi connectivity index (χ1) is 8.40. The molecule has 1 aromatic rings. The van der Waals surface area contributed by atoms with Gasteiger partial charge in [-0.1, -0.05) is 0 Å². The Hall–Kier alpha value is -0.650. The van der Waals surface area contributed by atoms with Crippen molar-refractivity contribution in [2.75, 3.05) is 6.61 Å². The van der Waals surface area contributed by atoms with Crippen molar-refractivity contribution in [2.24, 2.45) is 0 Å². The molecule has 0 aliphatic rings. The summed E-state index contributed by atoms with van der Waals surface area (Å²) in [6, 6.07) is 2.12. The van der Waals surface area contributed by atoms with Gasteiger partial charge in [-0.2, -0.15) is 11.3 Å². The standard InChI is InChI=1S/C13H22N2OS2/c1-13(2,3)15-12(17)14-11(8-16)5-4-10-6-7-18-9-10/h6-7,9,11,16H,4-5,8H2,1-3H3,(H2,14,15,17)/t11-/m1/s1. The van der Waals surface area contributed by atoms with Crippen LogP contribution in [0.3, 0.4) is 0 Å². The molecule has 0 saturated carbocycles. The highest BCUT2D eigenvalue weighted by Gasteiger charge is 2.14. The van der Waals surface area contributed by atoms with E-state index in [1.54, 1.807) is 11.3 Å². The zero-order chi connectivity index (χ0) is 13.6. The van der Waals surface area contributed by atoms with E-state index in [-0.39, 0.29) is 18.2 Å². The highest BCUT2D eigenvalue weighted by atomic mass is 32.1. The van der Waals surface area contributed by atoms with Crippen LogP contribution in [0.25, 0.3) is 0 Å². The molecule has 3 N–H and O–H groups in total. The first-order valence-corrected chi connectivity index (χ1v) is 7.46. The van der Waals surface area contributed by atoms with E-state index in [4.69, 9.17) is 12.2 Å². The van der Waals surface area contributed by atoms with E-state index in [0.29, 0.717) is 5.11 Å². The van der Waals surface area contributed by atoms with Crippen molar-refractivity contribution in [3.8, 4) is 0 Å². The van der Waals surface area contributed by atoms with Crippen molar-refractivity contribution in [3.05, 3.63) is 22.4 Å². The zero-order valence-corrected chi connectivity index (χ0v) is 12.8. The number of aliphatic hydroxyl groups is 1. The smallest absolute Gasteiger partial charge is 0.166 e. The SMILES string of the molecule is CC(C)(C)NC(=S)N[C@@H](CO)CCc1ccsc1. The highest BCUT2D eigenvalue weighted by molar-refractivity contribution is 7.80. The van der Waals surface area contributed by atoms with Crippen molar-refractivity contribution < 1.29 is 5.11 Å². The lowest BCUT2D eigenvalue weighted by Crippen LogP contribution is -2.50. The number of aliphatic hydroxyl groups excluding tert-OH is 1. The summed E-state index contributed by atoms with van der Waals surface area (Å²) in [4.78, 5) is 0. The largest absolute Gasteiger partial charge is 0.394 e. The minimum absolute atomic E-state index is 0.00671. The molecule has 0 saturated heterocycles. The summed E-state index contributed by atoms with van der Waals surface area (Å²) in [6.45, 7) is 6.26. The van der Waals surface area contributed by atoms with Crippen molar-refractivity contribution in [1.82, 2.24) is 10.6 Å². The third-order valence-corrected chi connectivity index (χ3v) is 3.36. The summed E-state index contributed by atoms with van der Waals surface area (Å²) >= 11 is 6.93. The van der Waals surface area contributed by atoms with Gasteiger partial charge in [-0.25, -0.2) is 0 Å². The lowest BCUT2D eigenvalue weighted by atomic mass is 10.1. The third kappa shape index (κ3) is 6.33. The van der Waals surface area contributed by atoms with Gasteiger partial charge in [0, 0.05) is 5.54 Å². The molecule has 0 aromatic carbocycles. The predicted octanol–water partition coefficient (Wildman–Crippen LogP) is 2.30. The second-order valence-corrected chi connectivity index (χ2v) is 6.59. The van der Waals surface area contributed by atoms with E-state index in [9.17, 15) is 5.11 Å². The summed E-state index contributed by atoms with van der Waals surface area (Å²) in [7, 11) is 0. The molecular weight excluding hydrogens is 264 g/mol. The van der Waals surface area contributed by atoms with E-state index < -0.39 is 0 Å². The molecular formula is C13H22N2OS2. The number of thiophene rings is 1. The summed E-state index contributed by atoms with van der Waals surface area (Å²) in [5.74, 6) is 0. The molecule has 0 spiro atoms. The van der Waals surface area contributed by atoms with E-state index >= 15 is 0 Å². The molecule has 1 atom stereocenters. The van der Waals surface area contributed by atoms with Gasteiger partial charge in [-0.05, 0) is 68.2 Å². The molecule has 0 unspecified atom stereocenters. The second-order valence-electron chi connectivity index (χ2n) is 5.40. The van der Waals surface area contributed by atoms with E-state index in [1.807, 2.05) is 0 Å². The fourth-order valence-electron chi connectivity index (χ4n) is 1.55. The fraction of sp³-hybridized carbons (Fsp3) is 0.615. The zero-order valence-electron chi connectivity index (χ0n) is 11.2. The fourth-order valence-corrected chi connectivity index (χ4v) is 2.72. The van der Waals surface area contributed by atoms with Crippen LogP contribution in [0.1, 0.15) is 32.8 Å². The Kier molecular flexibility index (Phi) is 6.05. The Balaban J connectivity index is 2.35. The van der Waals surface area contributed by atoms with Gasteiger partial charge < -0.3 is 15.7 Å². The normalized spacial score (nSPS) is 13.1. The minimum Gasteiger partial charge on any atom is -0.394 e. The molecule has 0 fully saturated rings. The minimum atomic E-state index is -0.0581. The Morgan fingerprint density at radius 1 is 1.50 bits per heavy atom. The predicted molar refractivity (Wildman–Crippen MR) is 82.1 cm³/mol. The Morgan fingerprint density at radius 3 is 2.72 bits per heavy atom. The number of rotatable bonds is 5. The van der Waals surface area contributed by atoms with Crippen molar-refractivity contribution >= 4 is 28.7 Å². The van der Waals surface area contributed by atoms with Gasteiger partial charge >= 0.3 is 0 Å². The number of aryl methyl sites for hydroxylation is 1. The Morgan fingerprint density at radius 2 is 2.22 bits per heavy atom. The van der Waals surface area contributed by atoms with Gasteiger partial charge in [0.1, 0.15) is 0 Å². The van der Waals surface area contributed by atoms with Gasteiger partial charge in [0.2, 0.25) is 0 Å². The molecule has 0 aliphatic carbocycles.